The second-order valence-corrected chi connectivity index (χ2v) is 4.92. The van der Waals surface area contributed by atoms with Gasteiger partial charge in [-0.3, -0.25) is 0 Å². The lowest BCUT2D eigenvalue weighted by atomic mass is 10.0. The molecular formula is C14H18ClN3. The molecule has 0 saturated carbocycles. The SMILES string of the molecule is Cc1ccc(-c2c(Cl)nc(CCN)n2C)cc1C. The number of benzene rings is 1. The molecule has 1 aromatic heterocycles. The first kappa shape index (κ1) is 13.1. The zero-order valence-electron chi connectivity index (χ0n) is 11.0. The zero-order valence-corrected chi connectivity index (χ0v) is 11.8. The van der Waals surface area contributed by atoms with Crippen LogP contribution in [-0.2, 0) is 13.5 Å². The first-order valence-electron chi connectivity index (χ1n) is 6.03. The number of halogens is 1. The highest BCUT2D eigenvalue weighted by Crippen LogP contribution is 2.29. The Balaban J connectivity index is 2.53. The summed E-state index contributed by atoms with van der Waals surface area (Å²) in [5.41, 5.74) is 10.2. The smallest absolute Gasteiger partial charge is 0.155 e. The Labute approximate surface area is 113 Å². The van der Waals surface area contributed by atoms with E-state index in [4.69, 9.17) is 17.3 Å². The Kier molecular flexibility index (Phi) is 3.73. The summed E-state index contributed by atoms with van der Waals surface area (Å²) in [6.45, 7) is 4.78. The molecule has 2 aromatic rings. The Morgan fingerprint density at radius 3 is 2.61 bits per heavy atom. The summed E-state index contributed by atoms with van der Waals surface area (Å²) in [6.07, 6.45) is 0.737. The standard InChI is InChI=1S/C14H18ClN3/c1-9-4-5-11(8-10(9)2)13-14(15)17-12(6-7-16)18(13)3/h4-5,8H,6-7,16H2,1-3H3. The van der Waals surface area contributed by atoms with Crippen molar-refractivity contribution in [3.05, 3.63) is 40.3 Å². The van der Waals surface area contributed by atoms with Gasteiger partial charge in [-0.05, 0) is 37.6 Å². The molecular weight excluding hydrogens is 246 g/mol. The van der Waals surface area contributed by atoms with E-state index in [0.29, 0.717) is 11.7 Å². The van der Waals surface area contributed by atoms with E-state index in [1.807, 2.05) is 11.6 Å². The molecule has 1 heterocycles. The lowest BCUT2D eigenvalue weighted by molar-refractivity contribution is 0.782. The third-order valence-corrected chi connectivity index (χ3v) is 3.56. The van der Waals surface area contributed by atoms with Gasteiger partial charge in [-0.15, -0.1) is 0 Å². The van der Waals surface area contributed by atoms with Crippen LogP contribution in [0.3, 0.4) is 0 Å². The van der Waals surface area contributed by atoms with Crippen LogP contribution in [0.15, 0.2) is 18.2 Å². The van der Waals surface area contributed by atoms with E-state index >= 15 is 0 Å². The van der Waals surface area contributed by atoms with Crippen LogP contribution in [0.1, 0.15) is 17.0 Å². The fourth-order valence-electron chi connectivity index (χ4n) is 2.06. The van der Waals surface area contributed by atoms with Crippen molar-refractivity contribution in [2.75, 3.05) is 6.54 Å². The second kappa shape index (κ2) is 5.12. The first-order valence-corrected chi connectivity index (χ1v) is 6.41. The van der Waals surface area contributed by atoms with E-state index in [-0.39, 0.29) is 0 Å². The summed E-state index contributed by atoms with van der Waals surface area (Å²) in [4.78, 5) is 4.38. The maximum absolute atomic E-state index is 6.24. The van der Waals surface area contributed by atoms with Crippen molar-refractivity contribution in [3.8, 4) is 11.3 Å². The minimum atomic E-state index is 0.546. The monoisotopic (exact) mass is 263 g/mol. The highest BCUT2D eigenvalue weighted by molar-refractivity contribution is 6.32. The molecule has 0 radical (unpaired) electrons. The molecule has 1 aromatic carbocycles. The van der Waals surface area contributed by atoms with Gasteiger partial charge < -0.3 is 10.3 Å². The molecule has 3 nitrogen and oxygen atoms in total. The van der Waals surface area contributed by atoms with Gasteiger partial charge in [0, 0.05) is 19.0 Å². The second-order valence-electron chi connectivity index (χ2n) is 4.56. The van der Waals surface area contributed by atoms with Crippen molar-refractivity contribution >= 4 is 11.6 Å². The van der Waals surface area contributed by atoms with Crippen LogP contribution in [0.5, 0.6) is 0 Å². The summed E-state index contributed by atoms with van der Waals surface area (Å²) < 4.78 is 2.03. The predicted octanol–water partition coefficient (Wildman–Crippen LogP) is 2.86. The van der Waals surface area contributed by atoms with E-state index in [1.54, 1.807) is 0 Å². The highest BCUT2D eigenvalue weighted by Gasteiger charge is 2.14. The Bertz CT molecular complexity index is 573. The largest absolute Gasteiger partial charge is 0.330 e. The van der Waals surface area contributed by atoms with Crippen LogP contribution in [0.2, 0.25) is 5.15 Å². The molecule has 0 bridgehead atoms. The van der Waals surface area contributed by atoms with Crippen LogP contribution in [0.25, 0.3) is 11.3 Å². The van der Waals surface area contributed by atoms with Crippen LogP contribution in [-0.4, -0.2) is 16.1 Å². The first-order chi connectivity index (χ1) is 8.54. The fourth-order valence-corrected chi connectivity index (χ4v) is 2.40. The molecule has 0 saturated heterocycles. The van der Waals surface area contributed by atoms with E-state index in [1.165, 1.54) is 11.1 Å². The van der Waals surface area contributed by atoms with Gasteiger partial charge in [0.1, 0.15) is 5.82 Å². The molecule has 0 aliphatic rings. The van der Waals surface area contributed by atoms with Gasteiger partial charge in [0.25, 0.3) is 0 Å². The van der Waals surface area contributed by atoms with Crippen LogP contribution in [0, 0.1) is 13.8 Å². The number of rotatable bonds is 3. The normalized spacial score (nSPS) is 10.9. The van der Waals surface area contributed by atoms with Crippen molar-refractivity contribution in [3.63, 3.8) is 0 Å². The topological polar surface area (TPSA) is 43.8 Å². The molecule has 2 rings (SSSR count). The van der Waals surface area contributed by atoms with E-state index in [9.17, 15) is 0 Å². The maximum Gasteiger partial charge on any atom is 0.155 e. The number of hydrogen-bond acceptors (Lipinski definition) is 2. The number of nitrogens with two attached hydrogens (primary N) is 1. The molecule has 2 N–H and O–H groups in total. The summed E-state index contributed by atoms with van der Waals surface area (Å²) in [6, 6.07) is 6.33. The fraction of sp³-hybridized carbons (Fsp3) is 0.357. The van der Waals surface area contributed by atoms with Crippen molar-refractivity contribution < 1.29 is 0 Å². The van der Waals surface area contributed by atoms with Crippen LogP contribution < -0.4 is 5.73 Å². The summed E-state index contributed by atoms with van der Waals surface area (Å²) in [5.74, 6) is 0.927. The number of nitrogens with zero attached hydrogens (tertiary/aromatic N) is 2. The third kappa shape index (κ3) is 2.28. The lowest BCUT2D eigenvalue weighted by Crippen LogP contribution is -2.08. The van der Waals surface area contributed by atoms with Crippen molar-refractivity contribution in [2.24, 2.45) is 12.8 Å². The molecule has 0 aliphatic carbocycles. The van der Waals surface area contributed by atoms with Gasteiger partial charge in [-0.2, -0.15) is 0 Å². The van der Waals surface area contributed by atoms with Gasteiger partial charge in [0.15, 0.2) is 5.15 Å². The van der Waals surface area contributed by atoms with E-state index in [2.05, 4.69) is 37.0 Å². The van der Waals surface area contributed by atoms with Gasteiger partial charge in [-0.25, -0.2) is 4.98 Å². The average molecular weight is 264 g/mol. The van der Waals surface area contributed by atoms with Crippen molar-refractivity contribution in [1.29, 1.82) is 0 Å². The molecule has 0 amide bonds. The minimum absolute atomic E-state index is 0.546. The molecule has 0 aliphatic heterocycles. The Morgan fingerprint density at radius 2 is 2.00 bits per heavy atom. The van der Waals surface area contributed by atoms with E-state index in [0.717, 1.165) is 23.5 Å². The maximum atomic E-state index is 6.24. The Morgan fingerprint density at radius 1 is 1.28 bits per heavy atom. The molecule has 18 heavy (non-hydrogen) atoms. The molecule has 0 unspecified atom stereocenters. The average Bonchev–Trinajstić information content (AvgIpc) is 2.59. The van der Waals surface area contributed by atoms with Crippen molar-refractivity contribution in [2.45, 2.75) is 20.3 Å². The summed E-state index contributed by atoms with van der Waals surface area (Å²) in [5, 5.41) is 0.546. The zero-order chi connectivity index (χ0) is 13.3. The van der Waals surface area contributed by atoms with Crippen LogP contribution >= 0.6 is 11.6 Å². The van der Waals surface area contributed by atoms with Gasteiger partial charge in [0.05, 0.1) is 5.69 Å². The predicted molar refractivity (Wildman–Crippen MR) is 75.9 cm³/mol. The minimum Gasteiger partial charge on any atom is -0.330 e. The third-order valence-electron chi connectivity index (χ3n) is 3.29. The molecule has 96 valence electrons. The number of aryl methyl sites for hydroxylation is 2. The molecule has 0 spiro atoms. The van der Waals surface area contributed by atoms with Gasteiger partial charge in [-0.1, -0.05) is 23.7 Å². The van der Waals surface area contributed by atoms with Crippen LogP contribution in [0.4, 0.5) is 0 Å². The number of imidazole rings is 1. The summed E-state index contributed by atoms with van der Waals surface area (Å²) >= 11 is 6.24. The molecule has 0 fully saturated rings. The van der Waals surface area contributed by atoms with Gasteiger partial charge in [0.2, 0.25) is 0 Å². The van der Waals surface area contributed by atoms with Crippen molar-refractivity contribution in [1.82, 2.24) is 9.55 Å². The number of aromatic nitrogens is 2. The summed E-state index contributed by atoms with van der Waals surface area (Å²) in [7, 11) is 1.98. The quantitative estimate of drug-likeness (QED) is 0.925. The highest BCUT2D eigenvalue weighted by atomic mass is 35.5. The van der Waals surface area contributed by atoms with E-state index < -0.39 is 0 Å². The lowest BCUT2D eigenvalue weighted by Gasteiger charge is -2.08. The Hall–Kier alpha value is -1.32. The molecule has 0 atom stereocenters. The molecule has 4 heteroatoms. The van der Waals surface area contributed by atoms with Gasteiger partial charge >= 0.3 is 0 Å². The number of hydrogen-bond donors (Lipinski definition) is 1.